The molecule has 4 heteroatoms. The molecule has 3 atom stereocenters. The Morgan fingerprint density at radius 1 is 0.667 bits per heavy atom. The predicted octanol–water partition coefficient (Wildman–Crippen LogP) is 7.50. The lowest BCUT2D eigenvalue weighted by Gasteiger charge is -2.17. The molecule has 0 aromatic carbocycles. The van der Waals surface area contributed by atoms with Crippen LogP contribution in [0.25, 0.3) is 0 Å². The molecule has 3 unspecified atom stereocenters. The molecule has 0 aliphatic rings. The molecule has 0 spiro atoms. The van der Waals surface area contributed by atoms with Gasteiger partial charge in [0.05, 0.1) is 11.5 Å². The molecule has 0 amide bonds. The second kappa shape index (κ2) is 20.6. The van der Waals surface area contributed by atoms with Crippen LogP contribution in [0.2, 0.25) is 0 Å². The summed E-state index contributed by atoms with van der Waals surface area (Å²) in [5.74, 6) is -1.14. The van der Waals surface area contributed by atoms with E-state index in [0.29, 0.717) is 0 Å². The zero-order valence-electron chi connectivity index (χ0n) is 18.2. The van der Waals surface area contributed by atoms with E-state index in [1.54, 1.807) is 0 Å². The zero-order valence-corrected chi connectivity index (χ0v) is 19.2. The van der Waals surface area contributed by atoms with Crippen molar-refractivity contribution in [1.82, 2.24) is 0 Å². The summed E-state index contributed by atoms with van der Waals surface area (Å²) in [5, 5.41) is 19.6. The second-order valence-electron chi connectivity index (χ2n) is 8.10. The average Bonchev–Trinajstić information content (AvgIpc) is 2.64. The maximum absolute atomic E-state index is 11.4. The number of aliphatic carboxylic acids is 1. The number of carbonyl (C=O) groups is 1. The Hall–Kier alpha value is -0.140. The van der Waals surface area contributed by atoms with Gasteiger partial charge in [-0.1, -0.05) is 125 Å². The van der Waals surface area contributed by atoms with Gasteiger partial charge in [0, 0.05) is 0 Å². The van der Waals surface area contributed by atoms with Crippen molar-refractivity contribution in [3.8, 4) is 0 Å². The highest BCUT2D eigenvalue weighted by molar-refractivity contribution is 7.40. The van der Waals surface area contributed by atoms with Gasteiger partial charge in [-0.3, -0.25) is 4.79 Å². The second-order valence-corrected chi connectivity index (χ2v) is 9.80. The van der Waals surface area contributed by atoms with Gasteiger partial charge < -0.3 is 10.2 Å². The van der Waals surface area contributed by atoms with Crippen molar-refractivity contribution in [2.45, 2.75) is 141 Å². The zero-order chi connectivity index (χ0) is 20.2. The Morgan fingerprint density at radius 2 is 1.04 bits per heavy atom. The van der Waals surface area contributed by atoms with Gasteiger partial charge in [0.25, 0.3) is 0 Å². The average molecular weight is 403 g/mol. The summed E-state index contributed by atoms with van der Waals surface area (Å²) in [7, 11) is 0.157. The molecule has 0 aromatic rings. The molecule has 0 saturated carbocycles. The van der Waals surface area contributed by atoms with Crippen molar-refractivity contribution in [3.05, 3.63) is 0 Å². The molecule has 0 fully saturated rings. The first-order valence-electron chi connectivity index (χ1n) is 11.8. The molecule has 3 nitrogen and oxygen atoms in total. The first-order chi connectivity index (χ1) is 13.1. The molecule has 0 aromatic heterocycles. The summed E-state index contributed by atoms with van der Waals surface area (Å²) < 4.78 is 0. The Labute approximate surface area is 170 Å². The molecule has 2 N–H and O–H groups in total. The van der Waals surface area contributed by atoms with E-state index in [0.717, 1.165) is 32.1 Å². The molecule has 0 saturated heterocycles. The third-order valence-electron chi connectivity index (χ3n) is 5.37. The fourth-order valence-electron chi connectivity index (χ4n) is 3.55. The SMILES string of the molecule is CCCCCCCCCCCCCC(O)PC(CCCCCCC)C(=O)O. The van der Waals surface area contributed by atoms with Gasteiger partial charge in [-0.25, -0.2) is 0 Å². The van der Waals surface area contributed by atoms with Crippen molar-refractivity contribution in [1.29, 1.82) is 0 Å². The number of aliphatic hydroxyl groups is 1. The molecule has 0 aliphatic heterocycles. The highest BCUT2D eigenvalue weighted by Crippen LogP contribution is 2.31. The summed E-state index contributed by atoms with van der Waals surface area (Å²) in [4.78, 5) is 11.4. The van der Waals surface area contributed by atoms with Gasteiger partial charge in [-0.05, 0) is 12.8 Å². The topological polar surface area (TPSA) is 57.5 Å². The number of unbranched alkanes of at least 4 members (excludes halogenated alkanes) is 14. The van der Waals surface area contributed by atoms with E-state index in [1.807, 2.05) is 0 Å². The van der Waals surface area contributed by atoms with E-state index in [9.17, 15) is 15.0 Å². The predicted molar refractivity (Wildman–Crippen MR) is 120 cm³/mol. The minimum absolute atomic E-state index is 0.157. The fraction of sp³-hybridized carbons (Fsp3) is 0.957. The lowest BCUT2D eigenvalue weighted by Crippen LogP contribution is -2.18. The van der Waals surface area contributed by atoms with Gasteiger partial charge in [0.1, 0.15) is 0 Å². The van der Waals surface area contributed by atoms with Crippen molar-refractivity contribution in [2.24, 2.45) is 0 Å². The van der Waals surface area contributed by atoms with Gasteiger partial charge in [-0.2, -0.15) is 0 Å². The summed E-state index contributed by atoms with van der Waals surface area (Å²) in [6.45, 7) is 4.44. The van der Waals surface area contributed by atoms with E-state index in [-0.39, 0.29) is 14.2 Å². The number of hydrogen-bond acceptors (Lipinski definition) is 2. The minimum atomic E-state index is -0.721. The van der Waals surface area contributed by atoms with E-state index >= 15 is 0 Å². The molecular formula is C23H47O3P. The van der Waals surface area contributed by atoms with E-state index < -0.39 is 11.8 Å². The Bertz CT molecular complexity index is 323. The number of carboxylic acids is 1. The van der Waals surface area contributed by atoms with E-state index in [2.05, 4.69) is 13.8 Å². The van der Waals surface area contributed by atoms with Crippen LogP contribution in [-0.2, 0) is 4.79 Å². The normalized spacial score (nSPS) is 14.0. The van der Waals surface area contributed by atoms with E-state index in [4.69, 9.17) is 0 Å². The van der Waals surface area contributed by atoms with Crippen molar-refractivity contribution in [2.75, 3.05) is 0 Å². The molecule has 0 radical (unpaired) electrons. The summed E-state index contributed by atoms with van der Waals surface area (Å²) in [5.41, 5.74) is -0.339. The molecule has 0 bridgehead atoms. The van der Waals surface area contributed by atoms with Crippen LogP contribution in [0.5, 0.6) is 0 Å². The molecule has 0 heterocycles. The van der Waals surface area contributed by atoms with Crippen LogP contribution in [0.15, 0.2) is 0 Å². The van der Waals surface area contributed by atoms with Crippen LogP contribution in [0, 0.1) is 0 Å². The lowest BCUT2D eigenvalue weighted by atomic mass is 10.1. The van der Waals surface area contributed by atoms with Crippen LogP contribution in [-0.4, -0.2) is 27.7 Å². The van der Waals surface area contributed by atoms with Crippen LogP contribution < -0.4 is 0 Å². The highest BCUT2D eigenvalue weighted by Gasteiger charge is 2.20. The van der Waals surface area contributed by atoms with Crippen LogP contribution >= 0.6 is 8.58 Å². The molecule has 162 valence electrons. The van der Waals surface area contributed by atoms with Crippen LogP contribution in [0.3, 0.4) is 0 Å². The largest absolute Gasteiger partial charge is 0.481 e. The fourth-order valence-corrected chi connectivity index (χ4v) is 4.90. The molecule has 0 rings (SSSR count). The third-order valence-corrected chi connectivity index (χ3v) is 6.98. The number of carboxylic acid groups (broad SMARTS) is 1. The van der Waals surface area contributed by atoms with E-state index in [1.165, 1.54) is 83.5 Å². The maximum atomic E-state index is 11.4. The Kier molecular flexibility index (Phi) is 20.5. The third kappa shape index (κ3) is 19.0. The van der Waals surface area contributed by atoms with Gasteiger partial charge >= 0.3 is 5.97 Å². The molecular weight excluding hydrogens is 355 g/mol. The smallest absolute Gasteiger partial charge is 0.310 e. The monoisotopic (exact) mass is 402 g/mol. The Morgan fingerprint density at radius 3 is 1.44 bits per heavy atom. The number of aliphatic hydroxyl groups excluding tert-OH is 1. The first kappa shape index (κ1) is 26.9. The van der Waals surface area contributed by atoms with Crippen LogP contribution in [0.4, 0.5) is 0 Å². The highest BCUT2D eigenvalue weighted by atomic mass is 31.1. The van der Waals surface area contributed by atoms with Gasteiger partial charge in [-0.15, -0.1) is 0 Å². The molecule has 27 heavy (non-hydrogen) atoms. The minimum Gasteiger partial charge on any atom is -0.481 e. The summed E-state index contributed by atoms with van der Waals surface area (Å²) >= 11 is 0. The lowest BCUT2D eigenvalue weighted by molar-refractivity contribution is -0.136. The van der Waals surface area contributed by atoms with Gasteiger partial charge in [0.15, 0.2) is 0 Å². The molecule has 0 aliphatic carbocycles. The maximum Gasteiger partial charge on any atom is 0.310 e. The number of hydrogen-bond donors (Lipinski definition) is 2. The van der Waals surface area contributed by atoms with Crippen molar-refractivity contribution < 1.29 is 15.0 Å². The Balaban J connectivity index is 3.58. The number of rotatable bonds is 21. The van der Waals surface area contributed by atoms with Crippen LogP contribution in [0.1, 0.15) is 129 Å². The first-order valence-corrected chi connectivity index (χ1v) is 12.9. The summed E-state index contributed by atoms with van der Waals surface area (Å²) in [6.07, 6.45) is 21.6. The standard InChI is InChI=1S/C23H47O3P/c1-3-5-7-9-10-11-12-13-14-16-18-20-22(24)27-21(23(25)26)19-17-15-8-6-4-2/h21-22,24,27H,3-20H2,1-2H3,(H,25,26). The van der Waals surface area contributed by atoms with Crippen molar-refractivity contribution in [3.63, 3.8) is 0 Å². The van der Waals surface area contributed by atoms with Gasteiger partial charge in [0.2, 0.25) is 0 Å². The van der Waals surface area contributed by atoms with Crippen molar-refractivity contribution >= 4 is 14.6 Å². The summed E-state index contributed by atoms with van der Waals surface area (Å²) in [6, 6.07) is 0. The quantitative estimate of drug-likeness (QED) is 0.154.